The number of hydrogen-bond acceptors (Lipinski definition) is 7. The average Bonchev–Trinajstić information content (AvgIpc) is 1.31. The first-order valence-electron chi connectivity index (χ1n) is 42.1. The molecule has 0 unspecified atom stereocenters. The van der Waals surface area contributed by atoms with Crippen LogP contribution in [0.4, 0.5) is 0 Å². The average molecular weight is 1580 g/mol. The summed E-state index contributed by atoms with van der Waals surface area (Å²) in [6, 6.07) is 153. The lowest BCUT2D eigenvalue weighted by molar-refractivity contribution is 0.673. The summed E-state index contributed by atoms with van der Waals surface area (Å²) in [5, 5.41) is 24.2. The summed E-state index contributed by atoms with van der Waals surface area (Å²) in [5.74, 6) is 2.63. The van der Waals surface area contributed by atoms with Crippen LogP contribution >= 0.6 is 0 Å². The van der Waals surface area contributed by atoms with Gasteiger partial charge in [-0.2, -0.15) is 0 Å². The molecule has 0 aliphatic carbocycles. The third-order valence-electron chi connectivity index (χ3n) is 24.8. The van der Waals surface area contributed by atoms with Crippen LogP contribution in [0.3, 0.4) is 0 Å². The van der Waals surface area contributed by atoms with E-state index in [1.165, 1.54) is 97.7 Å². The zero-order valence-electron chi connectivity index (χ0n) is 67.0. The van der Waals surface area contributed by atoms with Gasteiger partial charge in [0.2, 0.25) is 0 Å². The predicted molar refractivity (Wildman–Crippen MR) is 516 cm³/mol. The lowest BCUT2D eigenvalue weighted by atomic mass is 9.90. The Hall–Kier alpha value is -16.6. The van der Waals surface area contributed by atoms with Gasteiger partial charge in [-0.25, -0.2) is 24.9 Å². The van der Waals surface area contributed by atoms with Crippen molar-refractivity contribution in [1.29, 1.82) is 0 Å². The highest BCUT2D eigenvalue weighted by Gasteiger charge is 2.24. The topological polar surface area (TPSA) is 90.7 Å². The van der Waals surface area contributed by atoms with Gasteiger partial charge in [0.05, 0.1) is 11.4 Å². The molecule has 21 aromatic carbocycles. The SMILES string of the molecule is c1ccc(-c2cc(-c3ccc(-c4cccc5c4oc4c6ccccc6c(-c6ccc7c8ccccc8c8ccccc8c7c6)cc54)cc3)nc(-c3ccccc3)n2)cc1.c1ccc(-c2nc(-c3ccccc3)nc(-c3ccc(-c4cccc(-c5cccc6c5oc5c7ccccc7c(-c7ccc8c9ccccc9c9ccccc9c8c7)cc65)c4)cc3)n2)cc1. The summed E-state index contributed by atoms with van der Waals surface area (Å²) in [4.78, 5) is 24.8. The minimum absolute atomic E-state index is 0.632. The molecule has 0 saturated carbocycles. The van der Waals surface area contributed by atoms with Crippen LogP contribution in [0.2, 0.25) is 0 Å². The van der Waals surface area contributed by atoms with Crippen molar-refractivity contribution in [3.05, 3.63) is 431 Å². The van der Waals surface area contributed by atoms with E-state index in [0.717, 1.165) is 133 Å². The van der Waals surface area contributed by atoms with Gasteiger partial charge in [0.25, 0.3) is 0 Å². The number of fused-ring (bicyclic) bond motifs is 22. The summed E-state index contributed by atoms with van der Waals surface area (Å²) in [7, 11) is 0. The lowest BCUT2D eigenvalue weighted by Gasteiger charge is -2.13. The Balaban J connectivity index is 0.000000140. The third-order valence-corrected chi connectivity index (χ3v) is 24.8. The number of para-hydroxylation sites is 2. The molecule has 0 bridgehead atoms. The van der Waals surface area contributed by atoms with Crippen LogP contribution in [0.5, 0.6) is 0 Å². The van der Waals surface area contributed by atoms with Crippen LogP contribution in [-0.4, -0.2) is 24.9 Å². The Bertz CT molecular complexity index is 8400. The van der Waals surface area contributed by atoms with E-state index in [9.17, 15) is 0 Å². The number of aromatic nitrogens is 5. The quantitative estimate of drug-likeness (QED) is 0.119. The van der Waals surface area contributed by atoms with Gasteiger partial charge < -0.3 is 8.83 Å². The van der Waals surface area contributed by atoms with Gasteiger partial charge in [-0.1, -0.05) is 394 Å². The minimum atomic E-state index is 0.632. The molecule has 0 amide bonds. The number of benzene rings is 21. The van der Waals surface area contributed by atoms with Crippen LogP contribution in [0.1, 0.15) is 0 Å². The van der Waals surface area contributed by atoms with Gasteiger partial charge in [-0.05, 0) is 156 Å². The molecular formula is C117H71N5O2. The number of hydrogen-bond donors (Lipinski definition) is 0. The van der Waals surface area contributed by atoms with E-state index < -0.39 is 0 Å². The Morgan fingerprint density at radius 2 is 0.379 bits per heavy atom. The van der Waals surface area contributed by atoms with E-state index >= 15 is 0 Å². The molecule has 4 heterocycles. The Kier molecular flexibility index (Phi) is 17.1. The monoisotopic (exact) mass is 1580 g/mol. The summed E-state index contributed by atoms with van der Waals surface area (Å²) in [5.41, 5.74) is 22.5. The zero-order chi connectivity index (χ0) is 81.7. The predicted octanol–water partition coefficient (Wildman–Crippen LogP) is 31.7. The maximum absolute atomic E-state index is 6.99. The molecule has 7 heteroatoms. The molecule has 0 spiro atoms. The van der Waals surface area contributed by atoms with Crippen molar-refractivity contribution in [2.45, 2.75) is 0 Å². The number of furan rings is 2. The molecule has 0 N–H and O–H groups in total. The first-order valence-corrected chi connectivity index (χ1v) is 42.1. The van der Waals surface area contributed by atoms with E-state index in [2.05, 4.69) is 334 Å². The maximum atomic E-state index is 6.99. The second kappa shape index (κ2) is 29.7. The molecule has 0 radical (unpaired) electrons. The van der Waals surface area contributed by atoms with Crippen molar-refractivity contribution >= 4 is 130 Å². The maximum Gasteiger partial charge on any atom is 0.164 e. The summed E-state index contributed by atoms with van der Waals surface area (Å²) >= 11 is 0. The van der Waals surface area contributed by atoms with Crippen LogP contribution < -0.4 is 0 Å². The van der Waals surface area contributed by atoms with Gasteiger partial charge in [0.15, 0.2) is 23.3 Å². The van der Waals surface area contributed by atoms with Crippen LogP contribution in [0, 0.1) is 0 Å². The van der Waals surface area contributed by atoms with Crippen molar-refractivity contribution in [3.8, 4) is 124 Å². The van der Waals surface area contributed by atoms with E-state index in [-0.39, 0.29) is 0 Å². The molecule has 4 aromatic heterocycles. The van der Waals surface area contributed by atoms with Crippen molar-refractivity contribution < 1.29 is 8.83 Å². The molecule has 0 atom stereocenters. The second-order valence-corrected chi connectivity index (χ2v) is 31.9. The van der Waals surface area contributed by atoms with Crippen molar-refractivity contribution in [2.75, 3.05) is 0 Å². The standard InChI is InChI=1S/C61H37N3O.C56H34N2O/c1-3-15-39(16-4-1)59-62-60(40-17-5-2-6-18-40)64-61(63-59)41-31-29-38(30-32-41)42-19-13-20-43(35-42)45-27-14-28-53-56-37-54(50-25-11-12-26-52(50)58(56)65-57(45)53)44-33-34-51-48-23-8-7-21-46(48)47-22-9-10-24-49(47)55(51)36-44;1-3-14-36(15-4-1)52-34-53(58-56(57-52)38-16-5-2-6-17-38)37-28-26-35(27-29-37)40-24-13-25-48-51-33-49(45-22-11-12-23-47(45)55(51)59-54(40)48)39-30-31-46-43-20-8-7-18-41(43)42-19-9-10-21-44(42)50(46)32-39/h1-37H;1-34H. The molecule has 7 nitrogen and oxygen atoms in total. The van der Waals surface area contributed by atoms with E-state index in [4.69, 9.17) is 33.8 Å². The van der Waals surface area contributed by atoms with Crippen molar-refractivity contribution in [3.63, 3.8) is 0 Å². The van der Waals surface area contributed by atoms with E-state index in [1.54, 1.807) is 0 Å². The first kappa shape index (κ1) is 71.5. The normalized spacial score (nSPS) is 11.7. The van der Waals surface area contributed by atoms with Crippen LogP contribution in [-0.2, 0) is 0 Å². The van der Waals surface area contributed by atoms with Gasteiger partial charge in [-0.3, -0.25) is 0 Å². The van der Waals surface area contributed by atoms with Gasteiger partial charge in [0, 0.05) is 76.8 Å². The van der Waals surface area contributed by atoms with E-state index in [1.807, 2.05) is 97.1 Å². The molecule has 0 saturated heterocycles. The largest absolute Gasteiger partial charge is 0.455 e. The van der Waals surface area contributed by atoms with Gasteiger partial charge in [0.1, 0.15) is 22.3 Å². The fourth-order valence-electron chi connectivity index (χ4n) is 18.8. The molecular weight excluding hydrogens is 1510 g/mol. The van der Waals surface area contributed by atoms with Gasteiger partial charge >= 0.3 is 0 Å². The highest BCUT2D eigenvalue weighted by Crippen LogP contribution is 2.48. The number of rotatable bonds is 11. The lowest BCUT2D eigenvalue weighted by Crippen LogP contribution is -2.00. The Morgan fingerprint density at radius 1 is 0.121 bits per heavy atom. The minimum Gasteiger partial charge on any atom is -0.455 e. The Labute approximate surface area is 713 Å². The molecule has 0 aliphatic rings. The molecule has 0 aliphatic heterocycles. The Morgan fingerprint density at radius 3 is 0.798 bits per heavy atom. The van der Waals surface area contributed by atoms with Gasteiger partial charge in [-0.15, -0.1) is 0 Å². The van der Waals surface area contributed by atoms with Crippen LogP contribution in [0.25, 0.3) is 254 Å². The first-order chi connectivity index (χ1) is 61.5. The molecule has 0 fully saturated rings. The van der Waals surface area contributed by atoms with Crippen LogP contribution in [0.15, 0.2) is 440 Å². The number of nitrogens with zero attached hydrogens (tertiary/aromatic N) is 5. The highest BCUT2D eigenvalue weighted by atomic mass is 16.3. The summed E-state index contributed by atoms with van der Waals surface area (Å²) < 4.78 is 13.9. The zero-order valence-corrected chi connectivity index (χ0v) is 67.0. The second-order valence-electron chi connectivity index (χ2n) is 31.9. The third kappa shape index (κ3) is 12.3. The van der Waals surface area contributed by atoms with E-state index in [0.29, 0.717) is 23.3 Å². The molecule has 25 aromatic rings. The summed E-state index contributed by atoms with van der Waals surface area (Å²) in [6.45, 7) is 0. The molecule has 124 heavy (non-hydrogen) atoms. The molecule has 576 valence electrons. The fourth-order valence-corrected chi connectivity index (χ4v) is 18.8. The molecule has 25 rings (SSSR count). The van der Waals surface area contributed by atoms with Crippen molar-refractivity contribution in [1.82, 2.24) is 24.9 Å². The smallest absolute Gasteiger partial charge is 0.164 e. The highest BCUT2D eigenvalue weighted by molar-refractivity contribution is 6.29. The van der Waals surface area contributed by atoms with Crippen molar-refractivity contribution in [2.24, 2.45) is 0 Å². The fraction of sp³-hybridized carbons (Fsp3) is 0. The summed E-state index contributed by atoms with van der Waals surface area (Å²) in [6.07, 6.45) is 0.